The molecule has 2 aromatic rings. The van der Waals surface area contributed by atoms with Gasteiger partial charge in [0.1, 0.15) is 5.82 Å². The number of anilines is 1. The number of benzene rings is 1. The van der Waals surface area contributed by atoms with Crippen molar-refractivity contribution < 1.29 is 5.11 Å². The molecule has 18 heavy (non-hydrogen) atoms. The van der Waals surface area contributed by atoms with E-state index in [1.54, 1.807) is 0 Å². The molecule has 2 heterocycles. The summed E-state index contributed by atoms with van der Waals surface area (Å²) in [5, 5.41) is 9.84. The van der Waals surface area contributed by atoms with Crippen molar-refractivity contribution in [2.75, 3.05) is 11.4 Å². The summed E-state index contributed by atoms with van der Waals surface area (Å²) in [5.41, 5.74) is 2.10. The fraction of sp³-hybridized carbons (Fsp3) is 0.357. The van der Waals surface area contributed by atoms with E-state index >= 15 is 0 Å². The minimum Gasteiger partial charge on any atom is -0.389 e. The van der Waals surface area contributed by atoms with Crippen molar-refractivity contribution in [1.82, 2.24) is 9.55 Å². The normalized spacial score (nSPS) is 16.4. The zero-order valence-corrected chi connectivity index (χ0v) is 10.5. The van der Waals surface area contributed by atoms with E-state index in [0.717, 1.165) is 36.7 Å². The summed E-state index contributed by atoms with van der Waals surface area (Å²) in [6, 6.07) is 8.04. The first-order chi connectivity index (χ1) is 8.75. The van der Waals surface area contributed by atoms with Gasteiger partial charge >= 0.3 is 0 Å². The third-order valence-corrected chi connectivity index (χ3v) is 3.47. The van der Waals surface area contributed by atoms with Crippen LogP contribution < -0.4 is 4.90 Å². The van der Waals surface area contributed by atoms with E-state index < -0.39 is 6.10 Å². The van der Waals surface area contributed by atoms with Crippen LogP contribution >= 0.6 is 0 Å². The van der Waals surface area contributed by atoms with E-state index in [9.17, 15) is 5.11 Å². The van der Waals surface area contributed by atoms with E-state index in [-0.39, 0.29) is 0 Å². The highest BCUT2D eigenvalue weighted by Gasteiger charge is 2.19. The van der Waals surface area contributed by atoms with E-state index in [2.05, 4.69) is 20.5 Å². The molecular weight excluding hydrogens is 226 g/mol. The van der Waals surface area contributed by atoms with Crippen LogP contribution in [-0.4, -0.2) is 21.2 Å². The number of fused-ring (bicyclic) bond motifs is 1. The second kappa shape index (κ2) is 4.46. The SMILES string of the molecule is C[C@H](O)c1ccccc1N1CCn2ccnc2C1. The largest absolute Gasteiger partial charge is 0.389 e. The number of hydrogen-bond acceptors (Lipinski definition) is 3. The highest BCUT2D eigenvalue weighted by atomic mass is 16.3. The predicted octanol–water partition coefficient (Wildman–Crippen LogP) is 1.96. The van der Waals surface area contributed by atoms with Gasteiger partial charge in [0, 0.05) is 36.7 Å². The molecule has 1 atom stereocenters. The Morgan fingerprint density at radius 3 is 2.94 bits per heavy atom. The van der Waals surface area contributed by atoms with E-state index in [1.165, 1.54) is 0 Å². The zero-order chi connectivity index (χ0) is 12.5. The summed E-state index contributed by atoms with van der Waals surface area (Å²) in [6.07, 6.45) is 3.43. The summed E-state index contributed by atoms with van der Waals surface area (Å²) in [7, 11) is 0. The number of nitrogens with zero attached hydrogens (tertiary/aromatic N) is 3. The Morgan fingerprint density at radius 2 is 2.11 bits per heavy atom. The topological polar surface area (TPSA) is 41.3 Å². The maximum Gasteiger partial charge on any atom is 0.128 e. The molecule has 0 spiro atoms. The van der Waals surface area contributed by atoms with Crippen LogP contribution in [0.25, 0.3) is 0 Å². The first-order valence-electron chi connectivity index (χ1n) is 6.27. The van der Waals surface area contributed by atoms with Crippen molar-refractivity contribution in [3.63, 3.8) is 0 Å². The first-order valence-corrected chi connectivity index (χ1v) is 6.27. The molecule has 0 fully saturated rings. The maximum atomic E-state index is 9.84. The van der Waals surface area contributed by atoms with Gasteiger partial charge in [0.05, 0.1) is 12.6 Å². The van der Waals surface area contributed by atoms with Crippen molar-refractivity contribution in [2.45, 2.75) is 26.1 Å². The molecule has 94 valence electrons. The molecule has 3 rings (SSSR count). The number of aliphatic hydroxyl groups is 1. The highest BCUT2D eigenvalue weighted by molar-refractivity contribution is 5.54. The van der Waals surface area contributed by atoms with Gasteiger partial charge in [-0.15, -0.1) is 0 Å². The Hall–Kier alpha value is -1.81. The summed E-state index contributed by atoms with van der Waals surface area (Å²) >= 11 is 0. The molecule has 0 radical (unpaired) electrons. The van der Waals surface area contributed by atoms with Gasteiger partial charge in [-0.25, -0.2) is 4.98 Å². The van der Waals surface area contributed by atoms with E-state index in [1.807, 2.05) is 37.5 Å². The van der Waals surface area contributed by atoms with Gasteiger partial charge in [-0.1, -0.05) is 18.2 Å². The standard InChI is InChI=1S/C14H17N3O/c1-11(18)12-4-2-3-5-13(12)17-9-8-16-7-6-15-14(16)10-17/h2-7,11,18H,8-10H2,1H3/t11-/m0/s1. The lowest BCUT2D eigenvalue weighted by atomic mass is 10.1. The molecule has 0 saturated carbocycles. The number of rotatable bonds is 2. The van der Waals surface area contributed by atoms with Crippen LogP contribution in [0.3, 0.4) is 0 Å². The number of para-hydroxylation sites is 1. The number of hydrogen-bond donors (Lipinski definition) is 1. The van der Waals surface area contributed by atoms with Crippen molar-refractivity contribution in [1.29, 1.82) is 0 Å². The lowest BCUT2D eigenvalue weighted by molar-refractivity contribution is 0.199. The van der Waals surface area contributed by atoms with E-state index in [4.69, 9.17) is 0 Å². The second-order valence-corrected chi connectivity index (χ2v) is 4.69. The van der Waals surface area contributed by atoms with Crippen molar-refractivity contribution in [3.8, 4) is 0 Å². The average Bonchev–Trinajstić information content (AvgIpc) is 2.85. The van der Waals surface area contributed by atoms with Gasteiger partial charge in [-0.3, -0.25) is 0 Å². The molecule has 4 heteroatoms. The van der Waals surface area contributed by atoms with Crippen LogP contribution in [0, 0.1) is 0 Å². The fourth-order valence-corrected chi connectivity index (χ4v) is 2.51. The molecule has 4 nitrogen and oxygen atoms in total. The van der Waals surface area contributed by atoms with Gasteiger partial charge in [0.2, 0.25) is 0 Å². The monoisotopic (exact) mass is 243 g/mol. The Kier molecular flexibility index (Phi) is 2.80. The molecule has 0 unspecified atom stereocenters. The Labute approximate surface area is 107 Å². The summed E-state index contributed by atoms with van der Waals surface area (Å²) in [5.74, 6) is 1.08. The number of imidazole rings is 1. The maximum absolute atomic E-state index is 9.84. The smallest absolute Gasteiger partial charge is 0.128 e. The molecule has 1 aromatic carbocycles. The van der Waals surface area contributed by atoms with Crippen LogP contribution in [0.15, 0.2) is 36.7 Å². The van der Waals surface area contributed by atoms with Crippen molar-refractivity contribution in [2.24, 2.45) is 0 Å². The van der Waals surface area contributed by atoms with Crippen LogP contribution in [0.5, 0.6) is 0 Å². The lowest BCUT2D eigenvalue weighted by Crippen LogP contribution is -2.34. The molecule has 0 amide bonds. The molecule has 0 saturated heterocycles. The lowest BCUT2D eigenvalue weighted by Gasteiger charge is -2.31. The van der Waals surface area contributed by atoms with Crippen molar-refractivity contribution >= 4 is 5.69 Å². The molecule has 1 aliphatic rings. The van der Waals surface area contributed by atoms with Crippen LogP contribution in [0.4, 0.5) is 5.69 Å². The Balaban J connectivity index is 1.93. The molecule has 0 aliphatic carbocycles. The summed E-state index contributed by atoms with van der Waals surface area (Å²) in [6.45, 7) is 4.51. The van der Waals surface area contributed by atoms with Crippen LogP contribution in [-0.2, 0) is 13.1 Å². The summed E-state index contributed by atoms with van der Waals surface area (Å²) in [4.78, 5) is 6.65. The Morgan fingerprint density at radius 1 is 1.28 bits per heavy atom. The molecule has 0 bridgehead atoms. The minimum absolute atomic E-state index is 0.442. The third kappa shape index (κ3) is 1.88. The van der Waals surface area contributed by atoms with Crippen molar-refractivity contribution in [3.05, 3.63) is 48.0 Å². The average molecular weight is 243 g/mol. The number of aliphatic hydroxyl groups excluding tert-OH is 1. The predicted molar refractivity (Wildman–Crippen MR) is 70.4 cm³/mol. The summed E-state index contributed by atoms with van der Waals surface area (Å²) < 4.78 is 2.18. The van der Waals surface area contributed by atoms with Crippen LogP contribution in [0.1, 0.15) is 24.4 Å². The van der Waals surface area contributed by atoms with Gasteiger partial charge in [0.25, 0.3) is 0 Å². The molecule has 1 aromatic heterocycles. The van der Waals surface area contributed by atoms with Gasteiger partial charge in [-0.2, -0.15) is 0 Å². The van der Waals surface area contributed by atoms with E-state index in [0.29, 0.717) is 0 Å². The quantitative estimate of drug-likeness (QED) is 0.876. The highest BCUT2D eigenvalue weighted by Crippen LogP contribution is 2.28. The molecule has 1 aliphatic heterocycles. The second-order valence-electron chi connectivity index (χ2n) is 4.69. The van der Waals surface area contributed by atoms with Gasteiger partial charge < -0.3 is 14.6 Å². The van der Waals surface area contributed by atoms with Crippen LogP contribution in [0.2, 0.25) is 0 Å². The van der Waals surface area contributed by atoms with Gasteiger partial charge in [-0.05, 0) is 13.0 Å². The minimum atomic E-state index is -0.442. The first kappa shape index (κ1) is 11.3. The third-order valence-electron chi connectivity index (χ3n) is 3.47. The zero-order valence-electron chi connectivity index (χ0n) is 10.5. The van der Waals surface area contributed by atoms with Gasteiger partial charge in [0.15, 0.2) is 0 Å². The fourth-order valence-electron chi connectivity index (χ4n) is 2.51. The Bertz CT molecular complexity index is 547. The number of aromatic nitrogens is 2. The molecule has 1 N–H and O–H groups in total. The molecular formula is C14H17N3O.